The van der Waals surface area contributed by atoms with Crippen LogP contribution in [0.3, 0.4) is 0 Å². The number of aryl methyl sites for hydroxylation is 1. The minimum Gasteiger partial charge on any atom is -0.466 e. The van der Waals surface area contributed by atoms with Crippen LogP contribution in [0.1, 0.15) is 29.2 Å². The zero-order valence-corrected chi connectivity index (χ0v) is 10.5. The molecule has 1 rings (SSSR count). The smallest absolute Gasteiger partial charge is 0.417 e. The fraction of sp³-hybridized carbons (Fsp3) is 0.385. The lowest BCUT2D eigenvalue weighted by atomic mass is 9.97. The summed E-state index contributed by atoms with van der Waals surface area (Å²) < 4.78 is 43.1. The van der Waals surface area contributed by atoms with E-state index in [4.69, 9.17) is 5.26 Å². The fourth-order valence-electron chi connectivity index (χ4n) is 1.71. The molecule has 6 heteroatoms. The first-order valence-corrected chi connectivity index (χ1v) is 5.56. The summed E-state index contributed by atoms with van der Waals surface area (Å²) in [6.45, 7) is 3.19. The average Bonchev–Trinajstić information content (AvgIpc) is 2.27. The van der Waals surface area contributed by atoms with Crippen LogP contribution in [-0.2, 0) is 22.1 Å². The molecule has 0 aliphatic carbocycles. The van der Waals surface area contributed by atoms with Gasteiger partial charge in [0.05, 0.1) is 24.2 Å². The Balaban J connectivity index is 3.21. The number of nitriles is 1. The molecule has 0 N–H and O–H groups in total. The Morgan fingerprint density at radius 3 is 2.53 bits per heavy atom. The van der Waals surface area contributed by atoms with Crippen LogP contribution in [0.15, 0.2) is 12.1 Å². The van der Waals surface area contributed by atoms with Crippen molar-refractivity contribution in [1.29, 1.82) is 5.26 Å². The quantitative estimate of drug-likeness (QED) is 0.794. The van der Waals surface area contributed by atoms with E-state index in [9.17, 15) is 18.0 Å². The summed E-state index contributed by atoms with van der Waals surface area (Å²) in [5.41, 5.74) is -1.06. The zero-order valence-electron chi connectivity index (χ0n) is 10.5. The van der Waals surface area contributed by atoms with Gasteiger partial charge in [0.15, 0.2) is 0 Å². The summed E-state index contributed by atoms with van der Waals surface area (Å²) in [5, 5.41) is 8.78. The Labute approximate surface area is 108 Å². The van der Waals surface area contributed by atoms with Crippen molar-refractivity contribution in [3.8, 4) is 6.07 Å². The Bertz CT molecular complexity index is 530. The number of hydrogen-bond acceptors (Lipinski definition) is 3. The van der Waals surface area contributed by atoms with Gasteiger partial charge in [0.1, 0.15) is 6.07 Å². The number of hydrogen-bond donors (Lipinski definition) is 0. The third-order valence-electron chi connectivity index (χ3n) is 2.47. The van der Waals surface area contributed by atoms with Crippen LogP contribution < -0.4 is 0 Å². The molecule has 0 aliphatic rings. The van der Waals surface area contributed by atoms with Crippen molar-refractivity contribution in [3.63, 3.8) is 0 Å². The Kier molecular flexibility index (Phi) is 4.54. The van der Waals surface area contributed by atoms with Gasteiger partial charge in [0.25, 0.3) is 0 Å². The summed E-state index contributed by atoms with van der Waals surface area (Å²) in [4.78, 5) is 11.3. The molecule has 0 aromatic heterocycles. The molecule has 1 aromatic rings. The first-order valence-electron chi connectivity index (χ1n) is 5.56. The van der Waals surface area contributed by atoms with E-state index in [1.807, 2.05) is 0 Å². The van der Waals surface area contributed by atoms with Crippen molar-refractivity contribution >= 4 is 5.97 Å². The summed E-state index contributed by atoms with van der Waals surface area (Å²) in [5.74, 6) is -0.597. The molecule has 0 saturated heterocycles. The molecule has 0 radical (unpaired) electrons. The standard InChI is InChI=1S/C13H12F3NO2/c1-3-19-12(18)6-9-4-8(2)10(7-17)11(5-9)13(14,15)16/h4-5H,3,6H2,1-2H3. The zero-order chi connectivity index (χ0) is 14.6. The number of alkyl halides is 3. The van der Waals surface area contributed by atoms with Crippen molar-refractivity contribution in [3.05, 3.63) is 34.4 Å². The SMILES string of the molecule is CCOC(=O)Cc1cc(C)c(C#N)c(C(F)(F)F)c1. The average molecular weight is 271 g/mol. The summed E-state index contributed by atoms with van der Waals surface area (Å²) >= 11 is 0. The molecule has 0 atom stereocenters. The van der Waals surface area contributed by atoms with Gasteiger partial charge >= 0.3 is 12.1 Å². The van der Waals surface area contributed by atoms with E-state index in [0.717, 1.165) is 6.07 Å². The molecule has 19 heavy (non-hydrogen) atoms. The van der Waals surface area contributed by atoms with E-state index in [1.165, 1.54) is 19.1 Å². The third kappa shape index (κ3) is 3.71. The van der Waals surface area contributed by atoms with Crippen molar-refractivity contribution in [2.24, 2.45) is 0 Å². The van der Waals surface area contributed by atoms with E-state index in [1.54, 1.807) is 6.92 Å². The van der Waals surface area contributed by atoms with Gasteiger partial charge in [0, 0.05) is 0 Å². The predicted octanol–water partition coefficient (Wildman–Crippen LogP) is 2.99. The Hall–Kier alpha value is -2.03. The van der Waals surface area contributed by atoms with Crippen LogP contribution in [0.25, 0.3) is 0 Å². The van der Waals surface area contributed by atoms with E-state index in [2.05, 4.69) is 4.74 Å². The second-order valence-corrected chi connectivity index (χ2v) is 3.93. The molecular formula is C13H12F3NO2. The highest BCUT2D eigenvalue weighted by Crippen LogP contribution is 2.34. The summed E-state index contributed by atoms with van der Waals surface area (Å²) in [7, 11) is 0. The number of esters is 1. The number of nitrogens with zero attached hydrogens (tertiary/aromatic N) is 1. The van der Waals surface area contributed by atoms with Crippen LogP contribution in [-0.4, -0.2) is 12.6 Å². The van der Waals surface area contributed by atoms with E-state index in [-0.39, 0.29) is 24.2 Å². The van der Waals surface area contributed by atoms with E-state index in [0.29, 0.717) is 0 Å². The lowest BCUT2D eigenvalue weighted by Crippen LogP contribution is -2.12. The lowest BCUT2D eigenvalue weighted by Gasteiger charge is -2.13. The molecule has 0 amide bonds. The fourth-order valence-corrected chi connectivity index (χ4v) is 1.71. The highest BCUT2D eigenvalue weighted by atomic mass is 19.4. The normalized spacial score (nSPS) is 10.9. The highest BCUT2D eigenvalue weighted by molar-refractivity contribution is 5.73. The van der Waals surface area contributed by atoms with Gasteiger partial charge in [-0.25, -0.2) is 0 Å². The van der Waals surface area contributed by atoms with Crippen molar-refractivity contribution < 1.29 is 22.7 Å². The van der Waals surface area contributed by atoms with Crippen LogP contribution >= 0.6 is 0 Å². The van der Waals surface area contributed by atoms with Crippen LogP contribution in [0.4, 0.5) is 13.2 Å². The largest absolute Gasteiger partial charge is 0.466 e. The molecule has 0 heterocycles. The van der Waals surface area contributed by atoms with Gasteiger partial charge in [-0.1, -0.05) is 6.07 Å². The number of benzene rings is 1. The number of carbonyl (C=O) groups is 1. The van der Waals surface area contributed by atoms with Gasteiger partial charge in [-0.3, -0.25) is 4.79 Å². The first-order chi connectivity index (χ1) is 8.79. The molecule has 1 aromatic carbocycles. The van der Waals surface area contributed by atoms with Gasteiger partial charge in [-0.05, 0) is 31.0 Å². The van der Waals surface area contributed by atoms with Crippen molar-refractivity contribution in [2.45, 2.75) is 26.4 Å². The molecule has 0 saturated carbocycles. The number of rotatable bonds is 3. The summed E-state index contributed by atoms with van der Waals surface area (Å²) in [6, 6.07) is 3.76. The number of ether oxygens (including phenoxy) is 1. The van der Waals surface area contributed by atoms with Crippen molar-refractivity contribution in [1.82, 2.24) is 0 Å². The minimum atomic E-state index is -4.62. The summed E-state index contributed by atoms with van der Waals surface area (Å²) in [6.07, 6.45) is -4.87. The monoisotopic (exact) mass is 271 g/mol. The predicted molar refractivity (Wildman–Crippen MR) is 61.2 cm³/mol. The Morgan fingerprint density at radius 1 is 1.42 bits per heavy atom. The number of halogens is 3. The third-order valence-corrected chi connectivity index (χ3v) is 2.47. The second kappa shape index (κ2) is 5.74. The molecule has 3 nitrogen and oxygen atoms in total. The van der Waals surface area contributed by atoms with Crippen molar-refractivity contribution in [2.75, 3.05) is 6.61 Å². The lowest BCUT2D eigenvalue weighted by molar-refractivity contribution is -0.142. The Morgan fingerprint density at radius 2 is 2.05 bits per heavy atom. The molecule has 0 bridgehead atoms. The maximum absolute atomic E-state index is 12.8. The maximum Gasteiger partial charge on any atom is 0.417 e. The molecule has 0 aliphatic heterocycles. The molecular weight excluding hydrogens is 259 g/mol. The molecule has 102 valence electrons. The first kappa shape index (κ1) is 15.0. The molecule has 0 unspecified atom stereocenters. The van der Waals surface area contributed by atoms with Crippen LogP contribution in [0, 0.1) is 18.3 Å². The topological polar surface area (TPSA) is 50.1 Å². The van der Waals surface area contributed by atoms with Crippen LogP contribution in [0.2, 0.25) is 0 Å². The molecule has 0 fully saturated rings. The highest BCUT2D eigenvalue weighted by Gasteiger charge is 2.34. The maximum atomic E-state index is 12.8. The van der Waals surface area contributed by atoms with Gasteiger partial charge in [0.2, 0.25) is 0 Å². The second-order valence-electron chi connectivity index (χ2n) is 3.93. The van der Waals surface area contributed by atoms with Gasteiger partial charge < -0.3 is 4.74 Å². The van der Waals surface area contributed by atoms with E-state index >= 15 is 0 Å². The van der Waals surface area contributed by atoms with Gasteiger partial charge in [-0.15, -0.1) is 0 Å². The number of carbonyl (C=O) groups excluding carboxylic acids is 1. The van der Waals surface area contributed by atoms with E-state index < -0.39 is 23.3 Å². The molecule has 0 spiro atoms. The van der Waals surface area contributed by atoms with Crippen LogP contribution in [0.5, 0.6) is 0 Å². The van der Waals surface area contributed by atoms with Gasteiger partial charge in [-0.2, -0.15) is 18.4 Å². The minimum absolute atomic E-state index is 0.167.